The maximum atomic E-state index is 10.8. The molecule has 0 radical (unpaired) electrons. The minimum absolute atomic E-state index is 0.0317. The fourth-order valence-corrected chi connectivity index (χ4v) is 2.02. The summed E-state index contributed by atoms with van der Waals surface area (Å²) in [7, 11) is 0. The van der Waals surface area contributed by atoms with Gasteiger partial charge in [0.05, 0.1) is 5.92 Å². The van der Waals surface area contributed by atoms with Gasteiger partial charge in [-0.2, -0.15) is 0 Å². The zero-order chi connectivity index (χ0) is 14.4. The van der Waals surface area contributed by atoms with Gasteiger partial charge < -0.3 is 15.2 Å². The van der Waals surface area contributed by atoms with Crippen LogP contribution in [-0.4, -0.2) is 25.3 Å². The van der Waals surface area contributed by atoms with Gasteiger partial charge in [-0.1, -0.05) is 29.3 Å². The summed E-state index contributed by atoms with van der Waals surface area (Å²) in [6.07, 6.45) is -0.905. The minimum Gasteiger partial charge on any atom is -0.465 e. The van der Waals surface area contributed by atoms with Crippen molar-refractivity contribution in [3.63, 3.8) is 0 Å². The fraction of sp³-hybridized carbons (Fsp3) is 0.333. The summed E-state index contributed by atoms with van der Waals surface area (Å²) in [5.41, 5.74) is 5.57. The van der Waals surface area contributed by atoms with E-state index in [2.05, 4.69) is 0 Å². The molecular formula is C12H13Cl2NO4. The molecule has 19 heavy (non-hydrogen) atoms. The van der Waals surface area contributed by atoms with Crippen LogP contribution in [0.1, 0.15) is 18.4 Å². The van der Waals surface area contributed by atoms with Gasteiger partial charge in [0.25, 0.3) is 0 Å². The van der Waals surface area contributed by atoms with Gasteiger partial charge in [-0.3, -0.25) is 4.79 Å². The van der Waals surface area contributed by atoms with E-state index in [0.717, 1.165) is 0 Å². The highest BCUT2D eigenvalue weighted by Gasteiger charge is 2.18. The van der Waals surface area contributed by atoms with Gasteiger partial charge in [-0.15, -0.1) is 0 Å². The lowest BCUT2D eigenvalue weighted by atomic mass is 10.0. The predicted octanol–water partition coefficient (Wildman–Crippen LogP) is 2.74. The molecule has 0 heterocycles. The van der Waals surface area contributed by atoms with E-state index in [1.807, 2.05) is 0 Å². The molecule has 0 aliphatic rings. The van der Waals surface area contributed by atoms with Gasteiger partial charge in [0.1, 0.15) is 13.2 Å². The molecule has 1 aromatic carbocycles. The van der Waals surface area contributed by atoms with Crippen molar-refractivity contribution in [1.82, 2.24) is 0 Å². The summed E-state index contributed by atoms with van der Waals surface area (Å²) >= 11 is 11.9. The molecule has 0 unspecified atom stereocenters. The fourth-order valence-electron chi connectivity index (χ4n) is 1.46. The zero-order valence-electron chi connectivity index (χ0n) is 10.2. The molecule has 1 aromatic rings. The third kappa shape index (κ3) is 5.36. The number of hydrogen-bond donors (Lipinski definition) is 1. The average Bonchev–Trinajstić information content (AvgIpc) is 2.30. The monoisotopic (exact) mass is 305 g/mol. The second-order valence-electron chi connectivity index (χ2n) is 3.80. The highest BCUT2D eigenvalue weighted by molar-refractivity contribution is 6.35. The lowest BCUT2D eigenvalue weighted by molar-refractivity contribution is -0.141. The standard InChI is InChI=1S/C12H13Cl2NO4/c1-7(16)18-5-8(6-19-12(15)17)10-3-2-9(13)4-11(10)14/h2-4,8H,5-6H2,1H3,(H2,15,17)/t8-/m0/s1. The molecule has 0 fully saturated rings. The highest BCUT2D eigenvalue weighted by Crippen LogP contribution is 2.28. The van der Waals surface area contributed by atoms with Crippen molar-refractivity contribution in [2.24, 2.45) is 5.73 Å². The first-order chi connectivity index (χ1) is 8.90. The Kier molecular flexibility index (Phi) is 5.92. The van der Waals surface area contributed by atoms with E-state index < -0.39 is 18.0 Å². The number of hydrogen-bond acceptors (Lipinski definition) is 4. The normalized spacial score (nSPS) is 11.7. The number of halogens is 2. The number of amides is 1. The predicted molar refractivity (Wildman–Crippen MR) is 71.4 cm³/mol. The number of ether oxygens (including phenoxy) is 2. The van der Waals surface area contributed by atoms with Crippen LogP contribution >= 0.6 is 23.2 Å². The number of primary amides is 1. The van der Waals surface area contributed by atoms with E-state index in [9.17, 15) is 9.59 Å². The Bertz CT molecular complexity index is 461. The van der Waals surface area contributed by atoms with Crippen molar-refractivity contribution in [2.45, 2.75) is 12.8 Å². The summed E-state index contributed by atoms with van der Waals surface area (Å²) < 4.78 is 9.65. The minimum atomic E-state index is -0.905. The van der Waals surface area contributed by atoms with Crippen molar-refractivity contribution < 1.29 is 19.1 Å². The van der Waals surface area contributed by atoms with Gasteiger partial charge in [0.15, 0.2) is 0 Å². The molecule has 1 rings (SSSR count). The van der Waals surface area contributed by atoms with Crippen LogP contribution in [0.5, 0.6) is 0 Å². The zero-order valence-corrected chi connectivity index (χ0v) is 11.7. The van der Waals surface area contributed by atoms with Gasteiger partial charge >= 0.3 is 12.1 Å². The molecule has 0 bridgehead atoms. The van der Waals surface area contributed by atoms with E-state index >= 15 is 0 Å². The first-order valence-electron chi connectivity index (χ1n) is 5.40. The second kappa shape index (κ2) is 7.21. The molecule has 2 N–H and O–H groups in total. The van der Waals surface area contributed by atoms with Crippen LogP contribution in [-0.2, 0) is 14.3 Å². The Labute approximate surface area is 120 Å². The number of benzene rings is 1. The summed E-state index contributed by atoms with van der Waals surface area (Å²) in [4.78, 5) is 21.5. The Hall–Kier alpha value is -1.46. The summed E-state index contributed by atoms with van der Waals surface area (Å²) in [6.45, 7) is 1.28. The molecule has 0 aliphatic carbocycles. The molecule has 0 saturated carbocycles. The Morgan fingerprint density at radius 3 is 2.42 bits per heavy atom. The molecule has 5 nitrogen and oxygen atoms in total. The van der Waals surface area contributed by atoms with Crippen LogP contribution in [0.3, 0.4) is 0 Å². The van der Waals surface area contributed by atoms with E-state index in [-0.39, 0.29) is 13.2 Å². The SMILES string of the molecule is CC(=O)OC[C@@H](COC(N)=O)c1ccc(Cl)cc1Cl. The maximum absolute atomic E-state index is 10.8. The molecule has 1 amide bonds. The van der Waals surface area contributed by atoms with Crippen LogP contribution in [0.2, 0.25) is 10.0 Å². The maximum Gasteiger partial charge on any atom is 0.404 e. The van der Waals surface area contributed by atoms with E-state index in [1.165, 1.54) is 6.92 Å². The van der Waals surface area contributed by atoms with Gasteiger partial charge in [-0.25, -0.2) is 4.79 Å². The molecule has 7 heteroatoms. The third-order valence-electron chi connectivity index (χ3n) is 2.32. The molecule has 1 atom stereocenters. The van der Waals surface area contributed by atoms with Crippen LogP contribution in [0.4, 0.5) is 4.79 Å². The number of carbonyl (C=O) groups is 2. The lowest BCUT2D eigenvalue weighted by Crippen LogP contribution is -2.21. The van der Waals surface area contributed by atoms with E-state index in [1.54, 1.807) is 18.2 Å². The number of carbonyl (C=O) groups excluding carboxylic acids is 2. The third-order valence-corrected chi connectivity index (χ3v) is 2.88. The molecule has 0 saturated heterocycles. The first-order valence-corrected chi connectivity index (χ1v) is 6.16. The molecule has 104 valence electrons. The summed E-state index contributed by atoms with van der Waals surface area (Å²) in [6, 6.07) is 4.89. The van der Waals surface area contributed by atoms with Crippen molar-refractivity contribution in [3.8, 4) is 0 Å². The van der Waals surface area contributed by atoms with Crippen molar-refractivity contribution in [1.29, 1.82) is 0 Å². The lowest BCUT2D eigenvalue weighted by Gasteiger charge is -2.18. The van der Waals surface area contributed by atoms with Gasteiger partial charge in [0, 0.05) is 17.0 Å². The summed E-state index contributed by atoms with van der Waals surface area (Å²) in [5.74, 6) is -0.838. The Morgan fingerprint density at radius 2 is 1.89 bits per heavy atom. The highest BCUT2D eigenvalue weighted by atomic mass is 35.5. The van der Waals surface area contributed by atoms with Gasteiger partial charge in [-0.05, 0) is 17.7 Å². The average molecular weight is 306 g/mol. The van der Waals surface area contributed by atoms with E-state index in [0.29, 0.717) is 15.6 Å². The quantitative estimate of drug-likeness (QED) is 0.848. The van der Waals surface area contributed by atoms with Crippen LogP contribution in [0.15, 0.2) is 18.2 Å². The van der Waals surface area contributed by atoms with E-state index in [4.69, 9.17) is 38.4 Å². The first kappa shape index (κ1) is 15.6. The number of rotatable bonds is 5. The molecule has 0 aromatic heterocycles. The van der Waals surface area contributed by atoms with Crippen molar-refractivity contribution in [2.75, 3.05) is 13.2 Å². The Morgan fingerprint density at radius 1 is 1.26 bits per heavy atom. The Balaban J connectivity index is 2.86. The number of esters is 1. The largest absolute Gasteiger partial charge is 0.465 e. The topological polar surface area (TPSA) is 78.6 Å². The smallest absolute Gasteiger partial charge is 0.404 e. The van der Waals surface area contributed by atoms with Crippen LogP contribution in [0, 0.1) is 0 Å². The molecule has 0 aliphatic heterocycles. The molecular weight excluding hydrogens is 293 g/mol. The second-order valence-corrected chi connectivity index (χ2v) is 4.64. The van der Waals surface area contributed by atoms with Crippen molar-refractivity contribution in [3.05, 3.63) is 33.8 Å². The van der Waals surface area contributed by atoms with Crippen molar-refractivity contribution >= 4 is 35.3 Å². The van der Waals surface area contributed by atoms with Gasteiger partial charge in [0.2, 0.25) is 0 Å². The van der Waals surface area contributed by atoms with Crippen LogP contribution < -0.4 is 5.73 Å². The number of nitrogens with two attached hydrogens (primary N) is 1. The van der Waals surface area contributed by atoms with Crippen LogP contribution in [0.25, 0.3) is 0 Å². The summed E-state index contributed by atoms with van der Waals surface area (Å²) in [5, 5.41) is 0.883. The molecule has 0 spiro atoms.